The lowest BCUT2D eigenvalue weighted by molar-refractivity contribution is 0.578. The number of anilines is 3. The Morgan fingerprint density at radius 2 is 1.60 bits per heavy atom. The van der Waals surface area contributed by atoms with Crippen molar-refractivity contribution in [2.24, 2.45) is 0 Å². The van der Waals surface area contributed by atoms with E-state index in [0.717, 1.165) is 41.9 Å². The summed E-state index contributed by atoms with van der Waals surface area (Å²) in [5, 5.41) is 8.76. The third kappa shape index (κ3) is 3.73. The molecule has 0 spiro atoms. The third-order valence-electron chi connectivity index (χ3n) is 5.74. The van der Waals surface area contributed by atoms with E-state index in [0.29, 0.717) is 5.95 Å². The van der Waals surface area contributed by atoms with Gasteiger partial charge < -0.3 is 10.2 Å². The highest BCUT2D eigenvalue weighted by atomic mass is 15.3. The van der Waals surface area contributed by atoms with Gasteiger partial charge in [-0.15, -0.1) is 0 Å². The quantitative estimate of drug-likeness (QED) is 0.506. The first-order chi connectivity index (χ1) is 14.8. The van der Waals surface area contributed by atoms with E-state index >= 15 is 0 Å². The SMILES string of the molecule is CCc1ccc(-n2ncc3cnc(Nc4ccc(N5CCCCC5)cc4)nc32)cc1. The van der Waals surface area contributed by atoms with Gasteiger partial charge in [-0.1, -0.05) is 19.1 Å². The van der Waals surface area contributed by atoms with Crippen molar-refractivity contribution < 1.29 is 0 Å². The fourth-order valence-electron chi connectivity index (χ4n) is 3.98. The lowest BCUT2D eigenvalue weighted by Gasteiger charge is -2.28. The number of fused-ring (bicyclic) bond motifs is 1. The van der Waals surface area contributed by atoms with Crippen molar-refractivity contribution in [3.63, 3.8) is 0 Å². The predicted octanol–water partition coefficient (Wildman–Crippen LogP) is 5.11. The Hall–Kier alpha value is -3.41. The maximum Gasteiger partial charge on any atom is 0.229 e. The van der Waals surface area contributed by atoms with Crippen LogP contribution >= 0.6 is 0 Å². The van der Waals surface area contributed by atoms with Crippen molar-refractivity contribution in [2.75, 3.05) is 23.3 Å². The molecule has 2 aromatic heterocycles. The van der Waals surface area contributed by atoms with Gasteiger partial charge in [0, 0.05) is 30.7 Å². The van der Waals surface area contributed by atoms with Crippen LogP contribution in [0, 0.1) is 0 Å². The first-order valence-corrected chi connectivity index (χ1v) is 10.7. The minimum atomic E-state index is 0.570. The third-order valence-corrected chi connectivity index (χ3v) is 5.74. The van der Waals surface area contributed by atoms with E-state index in [1.807, 2.05) is 10.9 Å². The Labute approximate surface area is 176 Å². The van der Waals surface area contributed by atoms with Crippen LogP contribution in [-0.4, -0.2) is 32.8 Å². The second kappa shape index (κ2) is 8.14. The zero-order chi connectivity index (χ0) is 20.3. The molecule has 2 aromatic carbocycles. The molecule has 6 heteroatoms. The van der Waals surface area contributed by atoms with Gasteiger partial charge in [-0.2, -0.15) is 10.1 Å². The van der Waals surface area contributed by atoms with Crippen LogP contribution in [0.5, 0.6) is 0 Å². The van der Waals surface area contributed by atoms with Gasteiger partial charge in [0.1, 0.15) is 0 Å². The van der Waals surface area contributed by atoms with Gasteiger partial charge in [-0.05, 0) is 67.6 Å². The van der Waals surface area contributed by atoms with Crippen LogP contribution in [0.1, 0.15) is 31.7 Å². The Balaban J connectivity index is 1.38. The van der Waals surface area contributed by atoms with Crippen molar-refractivity contribution >= 4 is 28.4 Å². The van der Waals surface area contributed by atoms with Crippen molar-refractivity contribution in [2.45, 2.75) is 32.6 Å². The highest BCUT2D eigenvalue weighted by Gasteiger charge is 2.12. The minimum absolute atomic E-state index is 0.570. The molecule has 0 atom stereocenters. The monoisotopic (exact) mass is 398 g/mol. The van der Waals surface area contributed by atoms with E-state index in [1.54, 1.807) is 6.20 Å². The van der Waals surface area contributed by atoms with Gasteiger partial charge in [0.15, 0.2) is 5.65 Å². The molecular formula is C24H26N6. The predicted molar refractivity (Wildman–Crippen MR) is 122 cm³/mol. The van der Waals surface area contributed by atoms with Crippen LogP contribution in [0.3, 0.4) is 0 Å². The maximum absolute atomic E-state index is 4.73. The van der Waals surface area contributed by atoms with Crippen molar-refractivity contribution in [1.82, 2.24) is 19.7 Å². The van der Waals surface area contributed by atoms with Crippen molar-refractivity contribution in [3.8, 4) is 5.69 Å². The van der Waals surface area contributed by atoms with Crippen LogP contribution < -0.4 is 10.2 Å². The van der Waals surface area contributed by atoms with Crippen LogP contribution in [0.15, 0.2) is 60.9 Å². The molecule has 0 saturated carbocycles. The second-order valence-corrected chi connectivity index (χ2v) is 7.77. The minimum Gasteiger partial charge on any atom is -0.372 e. The van der Waals surface area contributed by atoms with Crippen molar-refractivity contribution in [3.05, 3.63) is 66.5 Å². The molecule has 0 amide bonds. The Morgan fingerprint density at radius 3 is 2.33 bits per heavy atom. The topological polar surface area (TPSA) is 58.9 Å². The maximum atomic E-state index is 4.73. The summed E-state index contributed by atoms with van der Waals surface area (Å²) >= 11 is 0. The van der Waals surface area contributed by atoms with E-state index in [2.05, 4.69) is 75.8 Å². The smallest absolute Gasteiger partial charge is 0.229 e. The summed E-state index contributed by atoms with van der Waals surface area (Å²) in [4.78, 5) is 11.6. The Kier molecular flexibility index (Phi) is 5.05. The molecule has 1 saturated heterocycles. The molecule has 4 aromatic rings. The Morgan fingerprint density at radius 1 is 0.867 bits per heavy atom. The van der Waals surface area contributed by atoms with Gasteiger partial charge in [-0.3, -0.25) is 0 Å². The van der Waals surface area contributed by atoms with Gasteiger partial charge >= 0.3 is 0 Å². The highest BCUT2D eigenvalue weighted by Crippen LogP contribution is 2.24. The molecule has 1 fully saturated rings. The zero-order valence-electron chi connectivity index (χ0n) is 17.3. The fraction of sp³-hybridized carbons (Fsp3) is 0.292. The number of hydrogen-bond donors (Lipinski definition) is 1. The Bertz CT molecular complexity index is 1120. The first kappa shape index (κ1) is 18.6. The van der Waals surface area contributed by atoms with Crippen molar-refractivity contribution in [1.29, 1.82) is 0 Å². The van der Waals surface area contributed by atoms with E-state index in [9.17, 15) is 0 Å². The molecule has 5 rings (SSSR count). The molecule has 1 aliphatic heterocycles. The number of rotatable bonds is 5. The molecule has 152 valence electrons. The average molecular weight is 399 g/mol. The number of aryl methyl sites for hydroxylation is 1. The number of aromatic nitrogens is 4. The van der Waals surface area contributed by atoms with Gasteiger partial charge in [-0.25, -0.2) is 9.67 Å². The van der Waals surface area contributed by atoms with Crippen LogP contribution in [0.2, 0.25) is 0 Å². The molecule has 0 aliphatic carbocycles. The summed E-state index contributed by atoms with van der Waals surface area (Å²) in [6.07, 6.45) is 8.55. The standard InChI is InChI=1S/C24H26N6/c1-2-18-6-10-22(11-7-18)30-23-19(17-26-30)16-25-24(28-23)27-20-8-12-21(13-9-20)29-14-4-3-5-15-29/h6-13,16-17H,2-5,14-15H2,1H3,(H,25,27,28). The van der Waals surface area contributed by atoms with Crippen LogP contribution in [0.25, 0.3) is 16.7 Å². The first-order valence-electron chi connectivity index (χ1n) is 10.7. The van der Waals surface area contributed by atoms with E-state index in [-0.39, 0.29) is 0 Å². The molecule has 1 N–H and O–H groups in total. The van der Waals surface area contributed by atoms with Gasteiger partial charge in [0.05, 0.1) is 17.3 Å². The molecule has 3 heterocycles. The second-order valence-electron chi connectivity index (χ2n) is 7.77. The van der Waals surface area contributed by atoms with Gasteiger partial charge in [0.2, 0.25) is 5.95 Å². The number of hydrogen-bond acceptors (Lipinski definition) is 5. The molecule has 30 heavy (non-hydrogen) atoms. The number of nitrogens with one attached hydrogen (secondary N) is 1. The normalized spacial score (nSPS) is 14.2. The van der Waals surface area contributed by atoms with Crippen LogP contribution in [0.4, 0.5) is 17.3 Å². The van der Waals surface area contributed by atoms with E-state index in [1.165, 1.54) is 30.5 Å². The molecular weight excluding hydrogens is 372 g/mol. The number of benzene rings is 2. The molecule has 6 nitrogen and oxygen atoms in total. The lowest BCUT2D eigenvalue weighted by atomic mass is 10.1. The molecule has 0 radical (unpaired) electrons. The summed E-state index contributed by atoms with van der Waals surface area (Å²) in [7, 11) is 0. The zero-order valence-corrected chi connectivity index (χ0v) is 17.3. The lowest BCUT2D eigenvalue weighted by Crippen LogP contribution is -2.29. The molecule has 0 unspecified atom stereocenters. The largest absolute Gasteiger partial charge is 0.372 e. The molecule has 0 bridgehead atoms. The number of nitrogens with zero attached hydrogens (tertiary/aromatic N) is 5. The van der Waals surface area contributed by atoms with E-state index < -0.39 is 0 Å². The number of piperidine rings is 1. The van der Waals surface area contributed by atoms with Gasteiger partial charge in [0.25, 0.3) is 0 Å². The van der Waals surface area contributed by atoms with E-state index in [4.69, 9.17) is 4.98 Å². The summed E-state index contributed by atoms with van der Waals surface area (Å²) in [6.45, 7) is 4.45. The average Bonchev–Trinajstić information content (AvgIpc) is 3.23. The highest BCUT2D eigenvalue weighted by molar-refractivity contribution is 5.77. The molecule has 1 aliphatic rings. The summed E-state index contributed by atoms with van der Waals surface area (Å²) < 4.78 is 1.86. The fourth-order valence-corrected chi connectivity index (χ4v) is 3.98. The van der Waals surface area contributed by atoms with Crippen LogP contribution in [-0.2, 0) is 6.42 Å². The summed E-state index contributed by atoms with van der Waals surface area (Å²) in [5.41, 5.74) is 5.36. The summed E-state index contributed by atoms with van der Waals surface area (Å²) in [5.74, 6) is 0.570. The summed E-state index contributed by atoms with van der Waals surface area (Å²) in [6, 6.07) is 17.0.